The van der Waals surface area contributed by atoms with Crippen molar-refractivity contribution in [3.05, 3.63) is 48.5 Å². The van der Waals surface area contributed by atoms with Crippen molar-refractivity contribution < 1.29 is 0 Å². The number of aromatic nitrogens is 4. The molecule has 0 unspecified atom stereocenters. The van der Waals surface area contributed by atoms with Crippen LogP contribution in [0.4, 0.5) is 0 Å². The van der Waals surface area contributed by atoms with Gasteiger partial charge in [-0.2, -0.15) is 0 Å². The maximum Gasteiger partial charge on any atom is 0.0969 e. The van der Waals surface area contributed by atoms with Crippen molar-refractivity contribution in [2.45, 2.75) is 19.4 Å². The highest BCUT2D eigenvalue weighted by molar-refractivity contribution is 5.89. The summed E-state index contributed by atoms with van der Waals surface area (Å²) >= 11 is 0. The number of rotatable bonds is 5. The van der Waals surface area contributed by atoms with E-state index in [-0.39, 0.29) is 0 Å². The van der Waals surface area contributed by atoms with Crippen LogP contribution in [0.2, 0.25) is 0 Å². The van der Waals surface area contributed by atoms with Gasteiger partial charge >= 0.3 is 0 Å². The number of hydrogen-bond acceptors (Lipinski definition) is 4. The third kappa shape index (κ3) is 2.64. The van der Waals surface area contributed by atoms with E-state index in [0.717, 1.165) is 41.2 Å². The lowest BCUT2D eigenvalue weighted by molar-refractivity contribution is 0.628. The van der Waals surface area contributed by atoms with E-state index in [1.165, 1.54) is 12.8 Å². The smallest absolute Gasteiger partial charge is 0.0969 e. The molecule has 0 spiro atoms. The van der Waals surface area contributed by atoms with Gasteiger partial charge in [-0.05, 0) is 42.8 Å². The van der Waals surface area contributed by atoms with Crippen molar-refractivity contribution in [2.75, 3.05) is 6.54 Å². The molecule has 0 atom stereocenters. The van der Waals surface area contributed by atoms with E-state index >= 15 is 0 Å². The topological polar surface area (TPSA) is 55.6 Å². The summed E-state index contributed by atoms with van der Waals surface area (Å²) in [4.78, 5) is 4.21. The van der Waals surface area contributed by atoms with Gasteiger partial charge in [0, 0.05) is 24.3 Å². The molecule has 1 saturated carbocycles. The lowest BCUT2D eigenvalue weighted by Crippen LogP contribution is -2.16. The monoisotopic (exact) mass is 279 g/mol. The molecule has 1 fully saturated rings. The molecule has 0 saturated heterocycles. The average Bonchev–Trinajstić information content (AvgIpc) is 3.23. The van der Waals surface area contributed by atoms with E-state index in [1.807, 2.05) is 35.3 Å². The molecule has 4 rings (SSSR count). The molecule has 2 aromatic heterocycles. The van der Waals surface area contributed by atoms with Crippen LogP contribution in [0.1, 0.15) is 18.5 Å². The normalized spacial score (nSPS) is 14.7. The summed E-state index contributed by atoms with van der Waals surface area (Å²) in [5.41, 5.74) is 1.98. The Labute approximate surface area is 123 Å². The first-order valence-electron chi connectivity index (χ1n) is 7.35. The highest BCUT2D eigenvalue weighted by atomic mass is 15.4. The molecule has 0 bridgehead atoms. The van der Waals surface area contributed by atoms with Crippen LogP contribution in [-0.4, -0.2) is 26.5 Å². The van der Waals surface area contributed by atoms with Gasteiger partial charge < -0.3 is 5.32 Å². The molecule has 21 heavy (non-hydrogen) atoms. The molecular weight excluding hydrogens is 262 g/mol. The predicted molar refractivity (Wildman–Crippen MR) is 81.1 cm³/mol. The second-order valence-corrected chi connectivity index (χ2v) is 5.60. The summed E-state index contributed by atoms with van der Waals surface area (Å²) in [7, 11) is 0. The van der Waals surface area contributed by atoms with E-state index in [1.54, 1.807) is 6.20 Å². The van der Waals surface area contributed by atoms with E-state index < -0.39 is 0 Å². The van der Waals surface area contributed by atoms with Crippen LogP contribution in [0.15, 0.2) is 42.9 Å². The molecule has 0 aliphatic heterocycles. The minimum absolute atomic E-state index is 0.777. The van der Waals surface area contributed by atoms with Crippen LogP contribution in [-0.2, 0) is 6.54 Å². The summed E-state index contributed by atoms with van der Waals surface area (Å²) < 4.78 is 1.83. The Kier molecular flexibility index (Phi) is 3.12. The Morgan fingerprint density at radius 1 is 1.24 bits per heavy atom. The molecule has 0 amide bonds. The first-order valence-corrected chi connectivity index (χ1v) is 7.35. The van der Waals surface area contributed by atoms with Crippen LogP contribution in [0.3, 0.4) is 0 Å². The minimum Gasteiger partial charge on any atom is -0.311 e. The summed E-state index contributed by atoms with van der Waals surface area (Å²) in [5, 5.41) is 14.2. The maximum atomic E-state index is 4.25. The van der Waals surface area contributed by atoms with E-state index in [2.05, 4.69) is 26.7 Å². The zero-order valence-corrected chi connectivity index (χ0v) is 11.7. The first kappa shape index (κ1) is 12.5. The van der Waals surface area contributed by atoms with Crippen molar-refractivity contribution in [1.29, 1.82) is 0 Å². The SMILES string of the molecule is c1cc(-n2cc(CNCC3CC3)nn2)c2cnccc2c1. The lowest BCUT2D eigenvalue weighted by atomic mass is 10.1. The standard InChI is InChI=1S/C16H17N5/c1-2-13-6-7-17-10-15(13)16(3-1)21-11-14(19-20-21)9-18-8-12-4-5-12/h1-3,6-7,10-12,18H,4-5,8-9H2. The molecule has 0 radical (unpaired) electrons. The minimum atomic E-state index is 0.777. The average molecular weight is 279 g/mol. The molecule has 106 valence electrons. The maximum absolute atomic E-state index is 4.25. The van der Waals surface area contributed by atoms with E-state index in [0.29, 0.717) is 0 Å². The molecule has 2 heterocycles. The number of pyridine rings is 1. The summed E-state index contributed by atoms with van der Waals surface area (Å²) in [6.45, 7) is 1.87. The van der Waals surface area contributed by atoms with E-state index in [9.17, 15) is 0 Å². The van der Waals surface area contributed by atoms with Gasteiger partial charge in [-0.3, -0.25) is 4.98 Å². The quantitative estimate of drug-likeness (QED) is 0.778. The Hall–Kier alpha value is -2.27. The highest BCUT2D eigenvalue weighted by Gasteiger charge is 2.20. The molecule has 1 N–H and O–H groups in total. The fourth-order valence-corrected chi connectivity index (χ4v) is 2.52. The van der Waals surface area contributed by atoms with Crippen molar-refractivity contribution in [1.82, 2.24) is 25.3 Å². The number of hydrogen-bond donors (Lipinski definition) is 1. The zero-order chi connectivity index (χ0) is 14.1. The predicted octanol–water partition coefficient (Wildman–Crippen LogP) is 2.32. The number of nitrogens with zero attached hydrogens (tertiary/aromatic N) is 4. The fraction of sp³-hybridized carbons (Fsp3) is 0.312. The van der Waals surface area contributed by atoms with Gasteiger partial charge in [0.25, 0.3) is 0 Å². The molecule has 1 aromatic carbocycles. The third-order valence-corrected chi connectivity index (χ3v) is 3.88. The lowest BCUT2D eigenvalue weighted by Gasteiger charge is -2.04. The second kappa shape index (κ2) is 5.26. The highest BCUT2D eigenvalue weighted by Crippen LogP contribution is 2.27. The molecule has 3 aromatic rings. The number of benzene rings is 1. The van der Waals surface area contributed by atoms with Crippen LogP contribution in [0, 0.1) is 5.92 Å². The van der Waals surface area contributed by atoms with Gasteiger partial charge in [-0.15, -0.1) is 5.10 Å². The summed E-state index contributed by atoms with van der Waals surface area (Å²) in [5.74, 6) is 0.879. The van der Waals surface area contributed by atoms with Gasteiger partial charge in [0.15, 0.2) is 0 Å². The number of nitrogens with one attached hydrogen (secondary N) is 1. The summed E-state index contributed by atoms with van der Waals surface area (Å²) in [6.07, 6.45) is 8.39. The van der Waals surface area contributed by atoms with Crippen molar-refractivity contribution in [3.8, 4) is 5.69 Å². The van der Waals surface area contributed by atoms with Crippen molar-refractivity contribution in [2.24, 2.45) is 5.92 Å². The Balaban J connectivity index is 1.58. The Morgan fingerprint density at radius 3 is 3.10 bits per heavy atom. The molecular formula is C16H17N5. The molecule has 1 aliphatic rings. The van der Waals surface area contributed by atoms with Crippen LogP contribution in [0.25, 0.3) is 16.5 Å². The van der Waals surface area contributed by atoms with Gasteiger partial charge in [-0.25, -0.2) is 4.68 Å². The molecule has 5 nitrogen and oxygen atoms in total. The van der Waals surface area contributed by atoms with Gasteiger partial charge in [0.1, 0.15) is 0 Å². The van der Waals surface area contributed by atoms with Gasteiger partial charge in [0.05, 0.1) is 17.6 Å². The van der Waals surface area contributed by atoms with Crippen LogP contribution >= 0.6 is 0 Å². The first-order chi connectivity index (χ1) is 10.4. The van der Waals surface area contributed by atoms with Crippen LogP contribution < -0.4 is 5.32 Å². The second-order valence-electron chi connectivity index (χ2n) is 5.60. The largest absolute Gasteiger partial charge is 0.311 e. The fourth-order valence-electron chi connectivity index (χ4n) is 2.52. The van der Waals surface area contributed by atoms with Gasteiger partial charge in [-0.1, -0.05) is 17.3 Å². The van der Waals surface area contributed by atoms with Gasteiger partial charge in [0.2, 0.25) is 0 Å². The van der Waals surface area contributed by atoms with Crippen molar-refractivity contribution >= 4 is 10.8 Å². The van der Waals surface area contributed by atoms with Crippen molar-refractivity contribution in [3.63, 3.8) is 0 Å². The Morgan fingerprint density at radius 2 is 2.19 bits per heavy atom. The van der Waals surface area contributed by atoms with Crippen LogP contribution in [0.5, 0.6) is 0 Å². The number of fused-ring (bicyclic) bond motifs is 1. The summed E-state index contributed by atoms with van der Waals surface area (Å²) in [6, 6.07) is 8.16. The molecule has 1 aliphatic carbocycles. The third-order valence-electron chi connectivity index (χ3n) is 3.88. The zero-order valence-electron chi connectivity index (χ0n) is 11.7. The Bertz CT molecular complexity index is 755. The van der Waals surface area contributed by atoms with E-state index in [4.69, 9.17) is 0 Å². The molecule has 5 heteroatoms.